The Kier molecular flexibility index (Phi) is 4.00. The van der Waals surface area contributed by atoms with Crippen LogP contribution in [-0.2, 0) is 9.84 Å². The number of anilines is 1. The summed E-state index contributed by atoms with van der Waals surface area (Å²) in [5, 5.41) is 8.45. The molecule has 0 bridgehead atoms. The molecular formula is C19H21ClN4O3S. The molecule has 1 N–H and O–H groups in total. The fourth-order valence-electron chi connectivity index (χ4n) is 4.26. The molecule has 2 fully saturated rings. The summed E-state index contributed by atoms with van der Waals surface area (Å²) in [4.78, 5) is 15.1. The number of hydrogen-bond donors (Lipinski definition) is 1. The first-order chi connectivity index (χ1) is 13.4. The molecule has 7 nitrogen and oxygen atoms in total. The number of halogens is 1. The number of fused-ring (bicyclic) bond motifs is 1. The zero-order chi connectivity index (χ0) is 19.6. The van der Waals surface area contributed by atoms with E-state index in [1.807, 2.05) is 36.1 Å². The molecule has 2 aromatic rings. The van der Waals surface area contributed by atoms with E-state index in [1.54, 1.807) is 4.68 Å². The summed E-state index contributed by atoms with van der Waals surface area (Å²) in [6, 6.07) is 7.40. The van der Waals surface area contributed by atoms with Crippen molar-refractivity contribution in [2.75, 3.05) is 16.8 Å². The third-order valence-electron chi connectivity index (χ3n) is 5.80. The Morgan fingerprint density at radius 3 is 2.61 bits per heavy atom. The number of rotatable bonds is 3. The maximum Gasteiger partial charge on any atom is 0.258 e. The highest BCUT2D eigenvalue weighted by atomic mass is 35.5. The average molecular weight is 421 g/mol. The maximum atomic E-state index is 13.2. The van der Waals surface area contributed by atoms with Crippen LogP contribution in [0.4, 0.5) is 5.69 Å². The predicted molar refractivity (Wildman–Crippen MR) is 106 cm³/mol. The Labute approximate surface area is 168 Å². The normalized spacial score (nSPS) is 26.2. The van der Waals surface area contributed by atoms with Gasteiger partial charge in [0, 0.05) is 11.7 Å². The number of benzene rings is 1. The number of aromatic nitrogens is 2. The molecule has 9 heteroatoms. The lowest BCUT2D eigenvalue weighted by molar-refractivity contribution is 0.0666. The van der Waals surface area contributed by atoms with Gasteiger partial charge in [0.1, 0.15) is 11.3 Å². The molecule has 1 amide bonds. The summed E-state index contributed by atoms with van der Waals surface area (Å²) < 4.78 is 25.4. The average Bonchev–Trinajstić information content (AvgIpc) is 3.35. The molecule has 2 aliphatic heterocycles. The van der Waals surface area contributed by atoms with Crippen LogP contribution in [0.5, 0.6) is 0 Å². The van der Waals surface area contributed by atoms with Gasteiger partial charge in [-0.15, -0.1) is 0 Å². The van der Waals surface area contributed by atoms with Crippen molar-refractivity contribution in [2.24, 2.45) is 0 Å². The number of carbonyl (C=O) groups excluding carboxylic acids is 1. The monoisotopic (exact) mass is 420 g/mol. The summed E-state index contributed by atoms with van der Waals surface area (Å²) in [6.45, 7) is 1.86. The van der Waals surface area contributed by atoms with Gasteiger partial charge in [-0.25, -0.2) is 13.1 Å². The molecule has 0 unspecified atom stereocenters. The van der Waals surface area contributed by atoms with E-state index in [2.05, 4.69) is 10.4 Å². The summed E-state index contributed by atoms with van der Waals surface area (Å²) in [5.41, 5.74) is 2.90. The summed E-state index contributed by atoms with van der Waals surface area (Å²) in [6.07, 6.45) is 2.04. The van der Waals surface area contributed by atoms with E-state index in [9.17, 15) is 13.2 Å². The molecule has 3 heterocycles. The molecule has 1 saturated heterocycles. The molecule has 1 aliphatic carbocycles. The minimum atomic E-state index is -3.05. The summed E-state index contributed by atoms with van der Waals surface area (Å²) in [7, 11) is -3.05. The van der Waals surface area contributed by atoms with Gasteiger partial charge in [-0.3, -0.25) is 4.79 Å². The predicted octanol–water partition coefficient (Wildman–Crippen LogP) is 2.93. The molecule has 1 aromatic carbocycles. The van der Waals surface area contributed by atoms with Crippen molar-refractivity contribution in [2.45, 2.75) is 44.4 Å². The maximum absolute atomic E-state index is 13.2. The molecule has 1 saturated carbocycles. The van der Waals surface area contributed by atoms with E-state index in [4.69, 9.17) is 11.6 Å². The van der Waals surface area contributed by atoms with Crippen LogP contribution in [0.25, 0.3) is 0 Å². The van der Waals surface area contributed by atoms with E-state index in [1.165, 1.54) is 0 Å². The zero-order valence-corrected chi connectivity index (χ0v) is 17.0. The molecule has 1 aromatic heterocycles. The first-order valence-electron chi connectivity index (χ1n) is 9.49. The van der Waals surface area contributed by atoms with Crippen LogP contribution in [0.15, 0.2) is 24.3 Å². The standard InChI is InChI=1S/C19H21ClN4O3S/c1-11-16(17(20)24(22-11)13-8-9-28(26,27)10-13)18-21-15-5-3-2-4-14(15)19(25)23(18)12-6-7-12/h2-5,12-13,18,21H,6-10H2,1H3/t13-,18+/m1/s1. The Balaban J connectivity index is 1.58. The third-order valence-corrected chi connectivity index (χ3v) is 7.93. The van der Waals surface area contributed by atoms with E-state index in [-0.39, 0.29) is 29.5 Å². The first kappa shape index (κ1) is 18.0. The highest BCUT2D eigenvalue weighted by Gasteiger charge is 2.44. The number of para-hydroxylation sites is 1. The SMILES string of the molecule is Cc1nn([C@@H]2CCS(=O)(=O)C2)c(Cl)c1[C@H]1Nc2ccccc2C(=O)N1C1CC1. The van der Waals surface area contributed by atoms with Gasteiger partial charge >= 0.3 is 0 Å². The van der Waals surface area contributed by atoms with E-state index >= 15 is 0 Å². The first-order valence-corrected chi connectivity index (χ1v) is 11.7. The van der Waals surface area contributed by atoms with Crippen LogP contribution in [0.2, 0.25) is 5.15 Å². The van der Waals surface area contributed by atoms with E-state index < -0.39 is 16.0 Å². The topological polar surface area (TPSA) is 84.3 Å². The Bertz CT molecular complexity index is 1080. The number of nitrogens with zero attached hydrogens (tertiary/aromatic N) is 3. The number of sulfone groups is 1. The molecule has 3 aliphatic rings. The fourth-order valence-corrected chi connectivity index (χ4v) is 6.37. The van der Waals surface area contributed by atoms with Gasteiger partial charge in [-0.05, 0) is 38.3 Å². The van der Waals surface area contributed by atoms with Crippen molar-refractivity contribution in [1.82, 2.24) is 14.7 Å². The summed E-state index contributed by atoms with van der Waals surface area (Å²) in [5.74, 6) is 0.206. The second-order valence-electron chi connectivity index (χ2n) is 7.83. The highest BCUT2D eigenvalue weighted by Crippen LogP contribution is 2.44. The van der Waals surface area contributed by atoms with E-state index in [0.717, 1.165) is 24.1 Å². The Morgan fingerprint density at radius 1 is 1.18 bits per heavy atom. The van der Waals surface area contributed by atoms with Crippen molar-refractivity contribution < 1.29 is 13.2 Å². The lowest BCUT2D eigenvalue weighted by Crippen LogP contribution is -2.44. The minimum absolute atomic E-state index is 0.00601. The smallest absolute Gasteiger partial charge is 0.258 e. The van der Waals surface area contributed by atoms with Gasteiger partial charge in [0.2, 0.25) is 0 Å². The molecule has 0 spiro atoms. The van der Waals surface area contributed by atoms with Crippen molar-refractivity contribution in [3.8, 4) is 0 Å². The number of amides is 1. The number of nitrogens with one attached hydrogen (secondary N) is 1. The molecule has 5 rings (SSSR count). The number of aryl methyl sites for hydroxylation is 1. The Morgan fingerprint density at radius 2 is 1.93 bits per heavy atom. The molecule has 28 heavy (non-hydrogen) atoms. The molecular weight excluding hydrogens is 400 g/mol. The van der Waals surface area contributed by atoms with Gasteiger partial charge in [-0.1, -0.05) is 23.7 Å². The largest absolute Gasteiger partial charge is 0.361 e. The van der Waals surface area contributed by atoms with Crippen molar-refractivity contribution in [3.05, 3.63) is 46.2 Å². The van der Waals surface area contributed by atoms with Crippen LogP contribution < -0.4 is 5.32 Å². The highest BCUT2D eigenvalue weighted by molar-refractivity contribution is 7.91. The minimum Gasteiger partial charge on any atom is -0.361 e. The number of hydrogen-bond acceptors (Lipinski definition) is 5. The van der Waals surface area contributed by atoms with Crippen molar-refractivity contribution in [3.63, 3.8) is 0 Å². The zero-order valence-electron chi connectivity index (χ0n) is 15.4. The molecule has 0 radical (unpaired) electrons. The van der Waals surface area contributed by atoms with Gasteiger partial charge < -0.3 is 10.2 Å². The van der Waals surface area contributed by atoms with Gasteiger partial charge in [-0.2, -0.15) is 5.10 Å². The van der Waals surface area contributed by atoms with Crippen LogP contribution >= 0.6 is 11.6 Å². The van der Waals surface area contributed by atoms with Crippen LogP contribution in [0.3, 0.4) is 0 Å². The van der Waals surface area contributed by atoms with Crippen LogP contribution in [-0.4, -0.2) is 46.6 Å². The number of carbonyl (C=O) groups is 1. The van der Waals surface area contributed by atoms with Gasteiger partial charge in [0.05, 0.1) is 34.4 Å². The second-order valence-corrected chi connectivity index (χ2v) is 10.4. The second kappa shape index (κ2) is 6.22. The Hall–Kier alpha value is -2.06. The molecule has 2 atom stereocenters. The third kappa shape index (κ3) is 2.81. The lowest BCUT2D eigenvalue weighted by Gasteiger charge is -2.38. The van der Waals surface area contributed by atoms with Gasteiger partial charge in [0.25, 0.3) is 5.91 Å². The fraction of sp³-hybridized carbons (Fsp3) is 0.474. The summed E-state index contributed by atoms with van der Waals surface area (Å²) >= 11 is 6.73. The van der Waals surface area contributed by atoms with Crippen molar-refractivity contribution >= 4 is 33.0 Å². The van der Waals surface area contributed by atoms with Crippen molar-refractivity contribution in [1.29, 1.82) is 0 Å². The van der Waals surface area contributed by atoms with E-state index in [0.29, 0.717) is 22.8 Å². The quantitative estimate of drug-likeness (QED) is 0.825. The molecule has 148 valence electrons. The van der Waals surface area contributed by atoms with Crippen LogP contribution in [0.1, 0.15) is 53.1 Å². The van der Waals surface area contributed by atoms with Gasteiger partial charge in [0.15, 0.2) is 9.84 Å². The van der Waals surface area contributed by atoms with Crippen LogP contribution in [0, 0.1) is 6.92 Å². The lowest BCUT2D eigenvalue weighted by atomic mass is 10.0.